The van der Waals surface area contributed by atoms with E-state index in [1.807, 2.05) is 30.3 Å². The van der Waals surface area contributed by atoms with E-state index in [0.29, 0.717) is 12.3 Å². The SMILES string of the molecule is CCCOc1ccc(N2C(=O)C[C@@H]([NH+]3CC[NH+](/C=C/c4ccccc4)CC3)C2=O)cc1. The minimum Gasteiger partial charge on any atom is -0.494 e. The van der Waals surface area contributed by atoms with Gasteiger partial charge in [-0.1, -0.05) is 37.3 Å². The zero-order chi connectivity index (χ0) is 21.6. The normalized spacial score (nSPS) is 24.2. The van der Waals surface area contributed by atoms with Gasteiger partial charge >= 0.3 is 0 Å². The lowest BCUT2D eigenvalue weighted by molar-refractivity contribution is -0.999. The van der Waals surface area contributed by atoms with Crippen LogP contribution in [0.15, 0.2) is 60.8 Å². The molecule has 4 rings (SSSR count). The maximum Gasteiger partial charge on any atom is 0.292 e. The Kier molecular flexibility index (Phi) is 6.79. The molecule has 0 aromatic heterocycles. The number of hydrogen-bond acceptors (Lipinski definition) is 3. The van der Waals surface area contributed by atoms with Crippen molar-refractivity contribution in [3.05, 3.63) is 66.4 Å². The van der Waals surface area contributed by atoms with Crippen LogP contribution in [0.4, 0.5) is 5.69 Å². The van der Waals surface area contributed by atoms with Crippen LogP contribution in [0.5, 0.6) is 5.75 Å². The number of carbonyl (C=O) groups excluding carboxylic acids is 2. The van der Waals surface area contributed by atoms with Crippen LogP contribution in [-0.4, -0.2) is 50.6 Å². The van der Waals surface area contributed by atoms with Gasteiger partial charge < -0.3 is 9.64 Å². The van der Waals surface area contributed by atoms with E-state index in [2.05, 4.69) is 31.3 Å². The summed E-state index contributed by atoms with van der Waals surface area (Å²) in [4.78, 5) is 29.7. The number of nitrogens with zero attached hydrogens (tertiary/aromatic N) is 1. The monoisotopic (exact) mass is 421 g/mol. The van der Waals surface area contributed by atoms with Gasteiger partial charge in [0.25, 0.3) is 5.91 Å². The molecule has 2 aromatic rings. The van der Waals surface area contributed by atoms with Crippen molar-refractivity contribution in [2.45, 2.75) is 25.8 Å². The van der Waals surface area contributed by atoms with E-state index in [0.717, 1.165) is 38.3 Å². The molecule has 0 unspecified atom stereocenters. The number of quaternary nitrogens is 2. The Bertz CT molecular complexity index is 919. The van der Waals surface area contributed by atoms with Crippen molar-refractivity contribution in [1.82, 2.24) is 0 Å². The first-order valence-corrected chi connectivity index (χ1v) is 11.2. The zero-order valence-electron chi connectivity index (χ0n) is 18.0. The quantitative estimate of drug-likeness (QED) is 0.643. The molecule has 0 aliphatic carbocycles. The molecule has 2 aliphatic heterocycles. The summed E-state index contributed by atoms with van der Waals surface area (Å²) in [6.07, 6.45) is 5.59. The maximum absolute atomic E-state index is 13.1. The number of benzene rings is 2. The van der Waals surface area contributed by atoms with Crippen molar-refractivity contribution in [3.8, 4) is 5.75 Å². The molecule has 6 nitrogen and oxygen atoms in total. The number of nitrogens with one attached hydrogen (secondary N) is 2. The second-order valence-corrected chi connectivity index (χ2v) is 8.23. The highest BCUT2D eigenvalue weighted by molar-refractivity contribution is 6.21. The number of piperazine rings is 1. The summed E-state index contributed by atoms with van der Waals surface area (Å²) >= 11 is 0. The van der Waals surface area contributed by atoms with Crippen molar-refractivity contribution in [3.63, 3.8) is 0 Å². The smallest absolute Gasteiger partial charge is 0.292 e. The summed E-state index contributed by atoms with van der Waals surface area (Å²) in [6, 6.07) is 17.3. The molecule has 31 heavy (non-hydrogen) atoms. The second kappa shape index (κ2) is 9.90. The largest absolute Gasteiger partial charge is 0.494 e. The number of carbonyl (C=O) groups is 2. The van der Waals surface area contributed by atoms with E-state index in [4.69, 9.17) is 4.74 Å². The number of rotatable bonds is 7. The molecule has 2 aromatic carbocycles. The average molecular weight is 422 g/mol. The van der Waals surface area contributed by atoms with Gasteiger partial charge in [-0.05, 0) is 42.3 Å². The topological polar surface area (TPSA) is 55.5 Å². The summed E-state index contributed by atoms with van der Waals surface area (Å²) in [5.41, 5.74) is 1.83. The Balaban J connectivity index is 1.34. The van der Waals surface area contributed by atoms with Crippen LogP contribution in [0.25, 0.3) is 6.08 Å². The lowest BCUT2D eigenvalue weighted by Gasteiger charge is -2.30. The summed E-state index contributed by atoms with van der Waals surface area (Å²) in [7, 11) is 0. The van der Waals surface area contributed by atoms with Gasteiger partial charge in [0, 0.05) is 0 Å². The number of amides is 2. The average Bonchev–Trinajstić information content (AvgIpc) is 3.11. The van der Waals surface area contributed by atoms with E-state index in [1.165, 1.54) is 20.3 Å². The third-order valence-corrected chi connectivity index (χ3v) is 6.05. The van der Waals surface area contributed by atoms with Crippen LogP contribution in [0.3, 0.4) is 0 Å². The third kappa shape index (κ3) is 5.03. The molecule has 0 spiro atoms. The van der Waals surface area contributed by atoms with Gasteiger partial charge in [-0.2, -0.15) is 0 Å². The Hall–Kier alpha value is -2.96. The Morgan fingerprint density at radius 1 is 1.00 bits per heavy atom. The van der Waals surface area contributed by atoms with Crippen molar-refractivity contribution >= 4 is 23.6 Å². The molecule has 2 aliphatic rings. The van der Waals surface area contributed by atoms with Gasteiger partial charge in [0.1, 0.15) is 31.9 Å². The van der Waals surface area contributed by atoms with E-state index in [1.54, 1.807) is 12.1 Å². The Morgan fingerprint density at radius 2 is 1.71 bits per heavy atom. The van der Waals surface area contributed by atoms with E-state index in [-0.39, 0.29) is 24.3 Å². The van der Waals surface area contributed by atoms with Gasteiger partial charge in [0.15, 0.2) is 6.04 Å². The van der Waals surface area contributed by atoms with Crippen molar-refractivity contribution in [2.75, 3.05) is 37.7 Å². The van der Waals surface area contributed by atoms with Gasteiger partial charge in [-0.3, -0.25) is 14.5 Å². The molecular formula is C25H31N3O3+2. The molecule has 2 amide bonds. The lowest BCUT2D eigenvalue weighted by Crippen LogP contribution is -3.28. The highest BCUT2D eigenvalue weighted by atomic mass is 16.5. The fourth-order valence-electron chi connectivity index (χ4n) is 4.32. The predicted octanol–water partition coefficient (Wildman–Crippen LogP) is 0.562. The predicted molar refractivity (Wildman–Crippen MR) is 120 cm³/mol. The van der Waals surface area contributed by atoms with Crippen LogP contribution in [0.2, 0.25) is 0 Å². The number of ether oxygens (including phenoxy) is 1. The van der Waals surface area contributed by atoms with Crippen molar-refractivity contribution < 1.29 is 24.1 Å². The number of anilines is 1. The minimum atomic E-state index is -0.275. The molecule has 2 saturated heterocycles. The molecule has 0 radical (unpaired) electrons. The van der Waals surface area contributed by atoms with Crippen LogP contribution in [0.1, 0.15) is 25.3 Å². The first kappa shape index (κ1) is 21.3. The Morgan fingerprint density at radius 3 is 2.39 bits per heavy atom. The first-order valence-electron chi connectivity index (χ1n) is 11.2. The molecule has 2 heterocycles. The minimum absolute atomic E-state index is 0.0782. The molecule has 0 saturated carbocycles. The highest BCUT2D eigenvalue weighted by Gasteiger charge is 2.46. The fraction of sp³-hybridized carbons (Fsp3) is 0.360. The molecule has 0 bridgehead atoms. The molecule has 1 atom stereocenters. The van der Waals surface area contributed by atoms with E-state index >= 15 is 0 Å². The van der Waals surface area contributed by atoms with Crippen molar-refractivity contribution in [1.29, 1.82) is 0 Å². The Labute approximate surface area is 183 Å². The van der Waals surface area contributed by atoms with Gasteiger partial charge in [-0.15, -0.1) is 0 Å². The van der Waals surface area contributed by atoms with E-state index in [9.17, 15) is 9.59 Å². The van der Waals surface area contributed by atoms with Gasteiger partial charge in [-0.25, -0.2) is 4.90 Å². The van der Waals surface area contributed by atoms with Gasteiger partial charge in [0.2, 0.25) is 5.91 Å². The van der Waals surface area contributed by atoms with Crippen LogP contribution in [-0.2, 0) is 9.59 Å². The zero-order valence-corrected chi connectivity index (χ0v) is 18.0. The second-order valence-electron chi connectivity index (χ2n) is 8.23. The van der Waals surface area contributed by atoms with Gasteiger partial charge in [0.05, 0.1) is 24.9 Å². The number of imide groups is 1. The maximum atomic E-state index is 13.1. The summed E-state index contributed by atoms with van der Waals surface area (Å²) in [5.74, 6) is 0.573. The summed E-state index contributed by atoms with van der Waals surface area (Å²) in [5, 5.41) is 0. The molecular weight excluding hydrogens is 390 g/mol. The molecule has 6 heteroatoms. The molecule has 2 fully saturated rings. The third-order valence-electron chi connectivity index (χ3n) is 6.05. The molecule has 162 valence electrons. The first-order chi connectivity index (χ1) is 15.2. The van der Waals surface area contributed by atoms with Crippen LogP contribution >= 0.6 is 0 Å². The fourth-order valence-corrected chi connectivity index (χ4v) is 4.32. The van der Waals surface area contributed by atoms with Crippen molar-refractivity contribution in [2.24, 2.45) is 0 Å². The molecule has 2 N–H and O–H groups in total. The van der Waals surface area contributed by atoms with Crippen LogP contribution < -0.4 is 19.4 Å². The van der Waals surface area contributed by atoms with E-state index < -0.39 is 0 Å². The standard InChI is InChI=1S/C25H29N3O3/c1-2-18-31-22-10-8-21(9-11-22)28-24(29)19-23(25(28)30)27-16-14-26(15-17-27)13-12-20-6-4-3-5-7-20/h3-13,23H,2,14-19H2,1H3/p+2/b13-12+/t23-/m1/s1. The summed E-state index contributed by atoms with van der Waals surface area (Å²) < 4.78 is 5.60. The summed E-state index contributed by atoms with van der Waals surface area (Å²) in [6.45, 7) is 6.39. The lowest BCUT2D eigenvalue weighted by atomic mass is 10.1. The number of hydrogen-bond donors (Lipinski definition) is 2. The van der Waals surface area contributed by atoms with Crippen LogP contribution in [0, 0.1) is 0 Å². The highest BCUT2D eigenvalue weighted by Crippen LogP contribution is 2.24.